The van der Waals surface area contributed by atoms with E-state index in [1.54, 1.807) is 31.4 Å². The average Bonchev–Trinajstić information content (AvgIpc) is 2.98. The van der Waals surface area contributed by atoms with E-state index in [1.165, 1.54) is 11.8 Å². The predicted molar refractivity (Wildman–Crippen MR) is 112 cm³/mol. The topological polar surface area (TPSA) is 56.1 Å². The second-order valence-electron chi connectivity index (χ2n) is 5.61. The molecule has 3 aromatic rings. The molecule has 0 saturated heterocycles. The number of nitrogens with zero attached hydrogens (tertiary/aromatic N) is 2. The number of hydrogen-bond acceptors (Lipinski definition) is 4. The molecule has 0 bridgehead atoms. The van der Waals surface area contributed by atoms with Gasteiger partial charge in [0.15, 0.2) is 5.16 Å². The third-order valence-electron chi connectivity index (χ3n) is 3.75. The normalized spacial score (nSPS) is 11.1. The summed E-state index contributed by atoms with van der Waals surface area (Å²) in [5, 5.41) is 4.86. The molecule has 9 heteroatoms. The summed E-state index contributed by atoms with van der Waals surface area (Å²) in [6.45, 7) is 1.15. The molecule has 1 amide bonds. The number of nitrogens with one attached hydrogen (secondary N) is 1. The van der Waals surface area contributed by atoms with E-state index in [1.807, 2.05) is 16.7 Å². The van der Waals surface area contributed by atoms with Crippen molar-refractivity contribution in [2.75, 3.05) is 24.8 Å². The highest BCUT2D eigenvalue weighted by Gasteiger charge is 2.15. The van der Waals surface area contributed by atoms with E-state index in [9.17, 15) is 4.79 Å². The molecule has 0 radical (unpaired) electrons. The van der Waals surface area contributed by atoms with Crippen molar-refractivity contribution in [1.29, 1.82) is 0 Å². The van der Waals surface area contributed by atoms with Gasteiger partial charge in [0.1, 0.15) is 0 Å². The fraction of sp³-hybridized carbons (Fsp3) is 0.222. The van der Waals surface area contributed by atoms with Crippen molar-refractivity contribution in [3.05, 3.63) is 51.5 Å². The van der Waals surface area contributed by atoms with E-state index in [-0.39, 0.29) is 11.7 Å². The van der Waals surface area contributed by atoms with Crippen LogP contribution < -0.4 is 5.32 Å². The predicted octanol–water partition coefficient (Wildman–Crippen LogP) is 5.37. The number of imidazole rings is 1. The Bertz CT molecular complexity index is 958. The van der Waals surface area contributed by atoms with E-state index in [4.69, 9.17) is 39.5 Å². The molecule has 2 aromatic carbocycles. The van der Waals surface area contributed by atoms with E-state index >= 15 is 0 Å². The summed E-state index contributed by atoms with van der Waals surface area (Å²) in [4.78, 5) is 16.9. The first kappa shape index (κ1) is 20.3. The van der Waals surface area contributed by atoms with Crippen LogP contribution in [0.3, 0.4) is 0 Å². The summed E-state index contributed by atoms with van der Waals surface area (Å²) >= 11 is 19.6. The first-order valence-electron chi connectivity index (χ1n) is 8.01. The zero-order valence-corrected chi connectivity index (χ0v) is 17.4. The van der Waals surface area contributed by atoms with Gasteiger partial charge < -0.3 is 14.6 Å². The van der Waals surface area contributed by atoms with Crippen LogP contribution >= 0.6 is 46.6 Å². The zero-order valence-electron chi connectivity index (χ0n) is 14.3. The van der Waals surface area contributed by atoms with Gasteiger partial charge in [0.2, 0.25) is 5.91 Å². The summed E-state index contributed by atoms with van der Waals surface area (Å²) in [5.74, 6) is -0.0654. The lowest BCUT2D eigenvalue weighted by atomic mass is 10.3. The highest BCUT2D eigenvalue weighted by molar-refractivity contribution is 7.99. The number of benzene rings is 2. The SMILES string of the molecule is COCCn1c(SCC(=O)Nc2c(Cl)cccc2Cl)nc2cc(Cl)ccc21. The molecule has 0 unspecified atom stereocenters. The Balaban J connectivity index is 1.76. The number of thioether (sulfide) groups is 1. The second-order valence-corrected chi connectivity index (χ2v) is 7.80. The monoisotopic (exact) mass is 443 g/mol. The van der Waals surface area contributed by atoms with Gasteiger partial charge in [0.25, 0.3) is 0 Å². The third kappa shape index (κ3) is 4.89. The van der Waals surface area contributed by atoms with Gasteiger partial charge in [0, 0.05) is 18.7 Å². The van der Waals surface area contributed by atoms with Crippen LogP contribution in [0.1, 0.15) is 0 Å². The van der Waals surface area contributed by atoms with Crippen molar-refractivity contribution >= 4 is 69.2 Å². The largest absolute Gasteiger partial charge is 0.383 e. The van der Waals surface area contributed by atoms with Crippen molar-refractivity contribution in [3.8, 4) is 0 Å². The molecule has 1 aromatic heterocycles. The van der Waals surface area contributed by atoms with Crippen molar-refractivity contribution in [2.45, 2.75) is 11.7 Å². The lowest BCUT2D eigenvalue weighted by Crippen LogP contribution is -2.15. The Labute approximate surface area is 175 Å². The molecule has 27 heavy (non-hydrogen) atoms. The molecular weight excluding hydrogens is 429 g/mol. The van der Waals surface area contributed by atoms with Gasteiger partial charge in [-0.1, -0.05) is 52.6 Å². The standard InChI is InChI=1S/C18H16Cl3N3O2S/c1-26-8-7-24-15-6-5-11(19)9-14(15)22-18(24)27-10-16(25)23-17-12(20)3-2-4-13(17)21/h2-6,9H,7-8,10H2,1H3,(H,23,25). The number of rotatable bonds is 7. The van der Waals surface area contributed by atoms with Crippen LogP contribution in [0.25, 0.3) is 11.0 Å². The summed E-state index contributed by atoms with van der Waals surface area (Å²) in [7, 11) is 1.64. The molecule has 0 fully saturated rings. The van der Waals surface area contributed by atoms with Gasteiger partial charge in [-0.15, -0.1) is 0 Å². The van der Waals surface area contributed by atoms with E-state index in [0.717, 1.165) is 11.0 Å². The Kier molecular flexibility index (Phi) is 6.89. The molecular formula is C18H16Cl3N3O2S. The molecule has 0 spiro atoms. The average molecular weight is 445 g/mol. The first-order chi connectivity index (χ1) is 13.0. The third-order valence-corrected chi connectivity index (χ3v) is 5.60. The number of para-hydroxylation sites is 1. The van der Waals surface area contributed by atoms with Gasteiger partial charge >= 0.3 is 0 Å². The number of halogens is 3. The van der Waals surface area contributed by atoms with Crippen LogP contribution in [-0.4, -0.2) is 34.9 Å². The molecule has 142 valence electrons. The molecule has 0 atom stereocenters. The van der Waals surface area contributed by atoms with Crippen LogP contribution in [0.4, 0.5) is 5.69 Å². The van der Waals surface area contributed by atoms with E-state index in [0.29, 0.717) is 39.1 Å². The van der Waals surface area contributed by atoms with E-state index in [2.05, 4.69) is 10.3 Å². The number of carbonyl (C=O) groups excluding carboxylic acids is 1. The summed E-state index contributed by atoms with van der Waals surface area (Å²) in [6, 6.07) is 10.6. The molecule has 0 aliphatic heterocycles. The maximum absolute atomic E-state index is 12.4. The fourth-order valence-corrected chi connectivity index (χ4v) is 4.01. The number of hydrogen-bond donors (Lipinski definition) is 1. The van der Waals surface area contributed by atoms with Crippen LogP contribution in [0.15, 0.2) is 41.6 Å². The summed E-state index contributed by atoms with van der Waals surface area (Å²) in [6.07, 6.45) is 0. The van der Waals surface area contributed by atoms with Crippen molar-refractivity contribution in [3.63, 3.8) is 0 Å². The van der Waals surface area contributed by atoms with Gasteiger partial charge in [-0.25, -0.2) is 4.98 Å². The lowest BCUT2D eigenvalue weighted by Gasteiger charge is -2.10. The molecule has 0 saturated carbocycles. The molecule has 0 aliphatic carbocycles. The first-order valence-corrected chi connectivity index (χ1v) is 10.1. The summed E-state index contributed by atoms with van der Waals surface area (Å²) < 4.78 is 7.19. The van der Waals surface area contributed by atoms with E-state index < -0.39 is 0 Å². The Morgan fingerprint density at radius 2 is 1.96 bits per heavy atom. The fourth-order valence-electron chi connectivity index (χ4n) is 2.51. The van der Waals surface area contributed by atoms with Crippen molar-refractivity contribution in [2.24, 2.45) is 0 Å². The van der Waals surface area contributed by atoms with Crippen LogP contribution in [0.5, 0.6) is 0 Å². The highest BCUT2D eigenvalue weighted by Crippen LogP contribution is 2.31. The second kappa shape index (κ2) is 9.17. The van der Waals surface area contributed by atoms with Gasteiger partial charge in [-0.2, -0.15) is 0 Å². The van der Waals surface area contributed by atoms with Crippen molar-refractivity contribution < 1.29 is 9.53 Å². The number of ether oxygens (including phenoxy) is 1. The van der Waals surface area contributed by atoms with Gasteiger partial charge in [-0.05, 0) is 30.3 Å². The molecule has 3 rings (SSSR count). The Morgan fingerprint density at radius 1 is 1.22 bits per heavy atom. The van der Waals surface area contributed by atoms with Crippen LogP contribution in [0, 0.1) is 0 Å². The molecule has 1 N–H and O–H groups in total. The number of methoxy groups -OCH3 is 1. The van der Waals surface area contributed by atoms with Gasteiger partial charge in [-0.3, -0.25) is 4.79 Å². The van der Waals surface area contributed by atoms with Crippen molar-refractivity contribution in [1.82, 2.24) is 9.55 Å². The number of fused-ring (bicyclic) bond motifs is 1. The number of aromatic nitrogens is 2. The molecule has 5 nitrogen and oxygen atoms in total. The number of anilines is 1. The minimum atomic E-state index is -0.224. The Morgan fingerprint density at radius 3 is 2.67 bits per heavy atom. The maximum Gasteiger partial charge on any atom is 0.234 e. The lowest BCUT2D eigenvalue weighted by molar-refractivity contribution is -0.113. The maximum atomic E-state index is 12.4. The van der Waals surface area contributed by atoms with Crippen LogP contribution in [-0.2, 0) is 16.1 Å². The smallest absolute Gasteiger partial charge is 0.234 e. The quantitative estimate of drug-likeness (QED) is 0.497. The van der Waals surface area contributed by atoms with Gasteiger partial charge in [0.05, 0.1) is 39.1 Å². The Hall–Kier alpha value is -1.44. The minimum absolute atomic E-state index is 0.158. The number of amides is 1. The minimum Gasteiger partial charge on any atom is -0.383 e. The molecule has 1 heterocycles. The summed E-state index contributed by atoms with van der Waals surface area (Å²) in [5.41, 5.74) is 2.12. The zero-order chi connectivity index (χ0) is 19.4. The highest BCUT2D eigenvalue weighted by atomic mass is 35.5. The van der Waals surface area contributed by atoms with Crippen LogP contribution in [0.2, 0.25) is 15.1 Å². The number of carbonyl (C=O) groups is 1. The molecule has 0 aliphatic rings.